The average molecular weight is 331 g/mol. The fourth-order valence-electron chi connectivity index (χ4n) is 3.01. The van der Waals surface area contributed by atoms with E-state index in [0.717, 1.165) is 24.2 Å². The number of carbonyl (C=O) groups excluding carboxylic acids is 2. The topological polar surface area (TPSA) is 89.7 Å². The van der Waals surface area contributed by atoms with Gasteiger partial charge in [0.25, 0.3) is 11.7 Å². The molecule has 8 nitrogen and oxygen atoms in total. The Labute approximate surface area is 139 Å². The van der Waals surface area contributed by atoms with Gasteiger partial charge in [0.05, 0.1) is 12.5 Å². The van der Waals surface area contributed by atoms with E-state index in [9.17, 15) is 9.59 Å². The summed E-state index contributed by atoms with van der Waals surface area (Å²) in [4.78, 5) is 34.8. The van der Waals surface area contributed by atoms with Crippen LogP contribution in [0.2, 0.25) is 0 Å². The minimum Gasteiger partial charge on any atom is -0.466 e. The Morgan fingerprint density at radius 3 is 2.88 bits per heavy atom. The van der Waals surface area contributed by atoms with Crippen molar-refractivity contribution in [3.63, 3.8) is 0 Å². The highest BCUT2D eigenvalue weighted by molar-refractivity contribution is 5.91. The molecule has 0 aromatic carbocycles. The van der Waals surface area contributed by atoms with Crippen molar-refractivity contribution in [2.24, 2.45) is 5.92 Å². The van der Waals surface area contributed by atoms with Gasteiger partial charge in [0.1, 0.15) is 0 Å². The number of nitrogens with zero attached hydrogens (tertiary/aromatic N) is 5. The fourth-order valence-corrected chi connectivity index (χ4v) is 3.01. The van der Waals surface area contributed by atoms with Crippen molar-refractivity contribution in [3.05, 3.63) is 23.3 Å². The second-order valence-electron chi connectivity index (χ2n) is 6.03. The lowest BCUT2D eigenvalue weighted by atomic mass is 9.98. The molecule has 1 amide bonds. The average Bonchev–Trinajstić information content (AvgIpc) is 2.99. The van der Waals surface area contributed by atoms with Crippen molar-refractivity contribution >= 4 is 17.7 Å². The van der Waals surface area contributed by atoms with Crippen molar-refractivity contribution in [1.29, 1.82) is 0 Å². The lowest BCUT2D eigenvalue weighted by molar-refractivity contribution is -0.149. The molecule has 2 aromatic rings. The molecule has 0 N–H and O–H groups in total. The standard InChI is InChI=1S/C16H21N5O3/c1-4-24-15(23)12-6-5-7-20(9-12)14(22)13-18-16-17-10(2)8-11(3)21(16)19-13/h8,12H,4-7,9H2,1-3H3/t12-/m1/s1. The van der Waals surface area contributed by atoms with Crippen LogP contribution in [-0.4, -0.2) is 56.1 Å². The number of piperidine rings is 1. The number of aromatic nitrogens is 4. The fraction of sp³-hybridized carbons (Fsp3) is 0.562. The van der Waals surface area contributed by atoms with Crippen molar-refractivity contribution in [2.75, 3.05) is 19.7 Å². The highest BCUT2D eigenvalue weighted by atomic mass is 16.5. The molecule has 1 aliphatic rings. The van der Waals surface area contributed by atoms with E-state index in [1.54, 1.807) is 16.3 Å². The van der Waals surface area contributed by atoms with Crippen LogP contribution in [0.15, 0.2) is 6.07 Å². The Balaban J connectivity index is 1.81. The maximum absolute atomic E-state index is 12.7. The molecule has 3 rings (SSSR count). The van der Waals surface area contributed by atoms with Gasteiger partial charge in [0.2, 0.25) is 5.82 Å². The van der Waals surface area contributed by atoms with Crippen LogP contribution in [0.4, 0.5) is 0 Å². The zero-order chi connectivity index (χ0) is 17.3. The van der Waals surface area contributed by atoms with E-state index in [2.05, 4.69) is 15.1 Å². The van der Waals surface area contributed by atoms with Gasteiger partial charge in [-0.3, -0.25) is 9.59 Å². The van der Waals surface area contributed by atoms with Crippen LogP contribution in [0.1, 0.15) is 41.8 Å². The summed E-state index contributed by atoms with van der Waals surface area (Å²) in [5.41, 5.74) is 1.69. The van der Waals surface area contributed by atoms with Crippen LogP contribution >= 0.6 is 0 Å². The molecule has 0 bridgehead atoms. The van der Waals surface area contributed by atoms with Crippen LogP contribution in [-0.2, 0) is 9.53 Å². The minimum atomic E-state index is -0.276. The van der Waals surface area contributed by atoms with E-state index in [1.807, 2.05) is 19.9 Å². The molecule has 2 aromatic heterocycles. The van der Waals surface area contributed by atoms with Crippen molar-refractivity contribution in [2.45, 2.75) is 33.6 Å². The highest BCUT2D eigenvalue weighted by Gasteiger charge is 2.31. The van der Waals surface area contributed by atoms with Crippen molar-refractivity contribution in [3.8, 4) is 0 Å². The molecule has 8 heteroatoms. The number of likely N-dealkylation sites (tertiary alicyclic amines) is 1. The summed E-state index contributed by atoms with van der Waals surface area (Å²) in [5, 5.41) is 4.27. The van der Waals surface area contributed by atoms with Gasteiger partial charge in [0.15, 0.2) is 0 Å². The normalized spacial score (nSPS) is 18.0. The molecular formula is C16H21N5O3. The van der Waals surface area contributed by atoms with Crippen LogP contribution in [0.25, 0.3) is 5.78 Å². The summed E-state index contributed by atoms with van der Waals surface area (Å²) in [6.07, 6.45) is 1.50. The first-order chi connectivity index (χ1) is 11.5. The number of amides is 1. The van der Waals surface area contributed by atoms with Gasteiger partial charge in [-0.15, -0.1) is 5.10 Å². The number of rotatable bonds is 3. The summed E-state index contributed by atoms with van der Waals surface area (Å²) in [5.74, 6) is -0.269. The van der Waals surface area contributed by atoms with E-state index in [4.69, 9.17) is 4.74 Å². The second kappa shape index (κ2) is 6.54. The van der Waals surface area contributed by atoms with Gasteiger partial charge in [-0.25, -0.2) is 9.50 Å². The van der Waals surface area contributed by atoms with E-state index in [-0.39, 0.29) is 23.6 Å². The first kappa shape index (κ1) is 16.4. The van der Waals surface area contributed by atoms with Crippen LogP contribution in [0.5, 0.6) is 0 Å². The summed E-state index contributed by atoms with van der Waals surface area (Å²) in [7, 11) is 0. The minimum absolute atomic E-state index is 0.112. The summed E-state index contributed by atoms with van der Waals surface area (Å²) < 4.78 is 6.63. The van der Waals surface area contributed by atoms with Crippen molar-refractivity contribution < 1.29 is 14.3 Å². The molecule has 0 aliphatic carbocycles. The summed E-state index contributed by atoms with van der Waals surface area (Å²) in [6, 6.07) is 1.88. The van der Waals surface area contributed by atoms with E-state index in [1.165, 1.54) is 0 Å². The molecule has 3 heterocycles. The number of ether oxygens (including phenoxy) is 1. The lowest BCUT2D eigenvalue weighted by Gasteiger charge is -2.30. The van der Waals surface area contributed by atoms with Gasteiger partial charge < -0.3 is 9.64 Å². The largest absolute Gasteiger partial charge is 0.466 e. The molecule has 0 spiro atoms. The third-order valence-electron chi connectivity index (χ3n) is 4.14. The molecule has 24 heavy (non-hydrogen) atoms. The molecular weight excluding hydrogens is 310 g/mol. The summed E-state index contributed by atoms with van der Waals surface area (Å²) in [6.45, 7) is 6.83. The van der Waals surface area contributed by atoms with Crippen LogP contribution in [0.3, 0.4) is 0 Å². The maximum atomic E-state index is 12.7. The van der Waals surface area contributed by atoms with Gasteiger partial charge in [0, 0.05) is 24.5 Å². The second-order valence-corrected chi connectivity index (χ2v) is 6.03. The van der Waals surface area contributed by atoms with E-state index in [0.29, 0.717) is 25.5 Å². The summed E-state index contributed by atoms with van der Waals surface area (Å²) >= 11 is 0. The Hall–Kier alpha value is -2.51. The van der Waals surface area contributed by atoms with Gasteiger partial charge in [-0.1, -0.05) is 0 Å². The van der Waals surface area contributed by atoms with E-state index >= 15 is 0 Å². The number of carbonyl (C=O) groups is 2. The molecule has 128 valence electrons. The van der Waals surface area contributed by atoms with Gasteiger partial charge >= 0.3 is 5.97 Å². The zero-order valence-corrected chi connectivity index (χ0v) is 14.2. The van der Waals surface area contributed by atoms with Gasteiger partial charge in [-0.05, 0) is 39.7 Å². The molecule has 0 radical (unpaired) electrons. The number of hydrogen-bond acceptors (Lipinski definition) is 6. The zero-order valence-electron chi connectivity index (χ0n) is 14.2. The first-order valence-corrected chi connectivity index (χ1v) is 8.16. The smallest absolute Gasteiger partial charge is 0.310 e. The predicted molar refractivity (Wildman–Crippen MR) is 85.5 cm³/mol. The molecule has 0 unspecified atom stereocenters. The first-order valence-electron chi connectivity index (χ1n) is 8.16. The lowest BCUT2D eigenvalue weighted by Crippen LogP contribution is -2.43. The van der Waals surface area contributed by atoms with Crippen molar-refractivity contribution in [1.82, 2.24) is 24.5 Å². The quantitative estimate of drug-likeness (QED) is 0.784. The third kappa shape index (κ3) is 3.08. The Morgan fingerprint density at radius 1 is 1.33 bits per heavy atom. The SMILES string of the molecule is CCOC(=O)[C@@H]1CCCN(C(=O)c2nc3nc(C)cc(C)n3n2)C1. The Kier molecular flexibility index (Phi) is 4.46. The number of hydrogen-bond donors (Lipinski definition) is 0. The highest BCUT2D eigenvalue weighted by Crippen LogP contribution is 2.19. The monoisotopic (exact) mass is 331 g/mol. The number of fused-ring (bicyclic) bond motifs is 1. The molecule has 1 atom stereocenters. The van der Waals surface area contributed by atoms with Crippen LogP contribution in [0, 0.1) is 19.8 Å². The van der Waals surface area contributed by atoms with Crippen LogP contribution < -0.4 is 0 Å². The maximum Gasteiger partial charge on any atom is 0.310 e. The Morgan fingerprint density at radius 2 is 2.12 bits per heavy atom. The molecule has 0 saturated carbocycles. The molecule has 1 fully saturated rings. The molecule has 1 saturated heterocycles. The van der Waals surface area contributed by atoms with E-state index < -0.39 is 0 Å². The number of aryl methyl sites for hydroxylation is 2. The number of esters is 1. The Bertz CT molecular complexity index is 785. The third-order valence-corrected chi connectivity index (χ3v) is 4.14. The van der Waals surface area contributed by atoms with Gasteiger partial charge in [-0.2, -0.15) is 4.98 Å². The molecule has 1 aliphatic heterocycles. The predicted octanol–water partition coefficient (Wildman–Crippen LogP) is 1.16.